The summed E-state index contributed by atoms with van der Waals surface area (Å²) in [5.41, 5.74) is 1.70. The second-order valence-electron chi connectivity index (χ2n) is 6.44. The van der Waals surface area contributed by atoms with Crippen molar-refractivity contribution in [3.8, 4) is 0 Å². The first-order valence-corrected chi connectivity index (χ1v) is 8.80. The van der Waals surface area contributed by atoms with E-state index in [2.05, 4.69) is 20.6 Å². The van der Waals surface area contributed by atoms with Crippen LogP contribution in [0.5, 0.6) is 0 Å². The second-order valence-corrected chi connectivity index (χ2v) is 6.44. The highest BCUT2D eigenvalue weighted by molar-refractivity contribution is 6.01. The van der Waals surface area contributed by atoms with Gasteiger partial charge in [0, 0.05) is 5.56 Å². The Morgan fingerprint density at radius 1 is 1.19 bits per heavy atom. The number of nitrogens with one attached hydrogen (secondary N) is 3. The highest BCUT2D eigenvalue weighted by Gasteiger charge is 2.27. The van der Waals surface area contributed by atoms with Crippen molar-refractivity contribution in [2.75, 3.05) is 5.32 Å². The Morgan fingerprint density at radius 2 is 1.96 bits per heavy atom. The maximum absolute atomic E-state index is 13.4. The maximum Gasteiger partial charge on any atom is 0.252 e. The molecule has 2 atom stereocenters. The molecule has 0 saturated heterocycles. The summed E-state index contributed by atoms with van der Waals surface area (Å²) in [5, 5.41) is 5.43. The fraction of sp³-hybridized carbons (Fsp3) is 0.250. The zero-order valence-electron chi connectivity index (χ0n) is 15.1. The molecule has 3 aromatic rings. The van der Waals surface area contributed by atoms with Gasteiger partial charge in [0.2, 0.25) is 11.9 Å². The Morgan fingerprint density at radius 3 is 2.67 bits per heavy atom. The monoisotopic (exact) mass is 368 g/mol. The topological polar surface area (TPSA) is 86.9 Å². The van der Waals surface area contributed by atoms with Gasteiger partial charge in [-0.05, 0) is 36.2 Å². The lowest BCUT2D eigenvalue weighted by Crippen LogP contribution is -2.47. The third kappa shape index (κ3) is 4.31. The van der Waals surface area contributed by atoms with Crippen LogP contribution in [-0.2, 0) is 4.79 Å². The largest absolute Gasteiger partial charge is 0.340 e. The van der Waals surface area contributed by atoms with E-state index in [0.717, 1.165) is 17.1 Å². The van der Waals surface area contributed by atoms with Crippen molar-refractivity contribution in [2.45, 2.75) is 26.3 Å². The number of para-hydroxylation sites is 2. The first kappa shape index (κ1) is 18.6. The molecule has 1 aromatic heterocycles. The van der Waals surface area contributed by atoms with Crippen LogP contribution in [0.25, 0.3) is 11.0 Å². The number of carbonyl (C=O) groups is 2. The molecule has 0 saturated carbocycles. The van der Waals surface area contributed by atoms with Crippen LogP contribution >= 0.6 is 0 Å². The van der Waals surface area contributed by atoms with Gasteiger partial charge in [-0.1, -0.05) is 38.5 Å². The molecule has 3 rings (SSSR count). The van der Waals surface area contributed by atoms with Crippen molar-refractivity contribution < 1.29 is 14.0 Å². The van der Waals surface area contributed by atoms with Gasteiger partial charge >= 0.3 is 0 Å². The van der Waals surface area contributed by atoms with Crippen molar-refractivity contribution >= 4 is 28.8 Å². The molecule has 140 valence electrons. The van der Waals surface area contributed by atoms with E-state index in [4.69, 9.17) is 0 Å². The number of rotatable bonds is 6. The average Bonchev–Trinajstić information content (AvgIpc) is 3.07. The number of benzene rings is 2. The van der Waals surface area contributed by atoms with Crippen LogP contribution in [0.4, 0.5) is 10.3 Å². The van der Waals surface area contributed by atoms with E-state index in [0.29, 0.717) is 12.4 Å². The molecule has 1 heterocycles. The predicted octanol–water partition coefficient (Wildman–Crippen LogP) is 3.49. The molecule has 6 nitrogen and oxygen atoms in total. The van der Waals surface area contributed by atoms with Gasteiger partial charge in [-0.2, -0.15) is 0 Å². The van der Waals surface area contributed by atoms with E-state index in [-0.39, 0.29) is 17.4 Å². The van der Waals surface area contributed by atoms with Crippen LogP contribution in [0.2, 0.25) is 0 Å². The highest BCUT2D eigenvalue weighted by atomic mass is 19.1. The summed E-state index contributed by atoms with van der Waals surface area (Å²) in [6.07, 6.45) is 0.682. The van der Waals surface area contributed by atoms with E-state index in [1.165, 1.54) is 18.2 Å². The first-order valence-electron chi connectivity index (χ1n) is 8.80. The molecule has 0 spiro atoms. The Balaban J connectivity index is 1.77. The third-order valence-electron chi connectivity index (χ3n) is 4.50. The number of hydrogen-bond acceptors (Lipinski definition) is 3. The van der Waals surface area contributed by atoms with Gasteiger partial charge in [0.1, 0.15) is 11.9 Å². The van der Waals surface area contributed by atoms with Crippen molar-refractivity contribution in [3.05, 3.63) is 59.9 Å². The van der Waals surface area contributed by atoms with Crippen molar-refractivity contribution in [2.24, 2.45) is 5.92 Å². The summed E-state index contributed by atoms with van der Waals surface area (Å²) in [6, 6.07) is 12.0. The van der Waals surface area contributed by atoms with Crippen molar-refractivity contribution in [3.63, 3.8) is 0 Å². The van der Waals surface area contributed by atoms with Gasteiger partial charge in [0.25, 0.3) is 5.91 Å². The minimum Gasteiger partial charge on any atom is -0.340 e. The number of aromatic amines is 1. The van der Waals surface area contributed by atoms with Gasteiger partial charge in [0.05, 0.1) is 11.0 Å². The molecule has 0 aliphatic heterocycles. The number of hydrogen-bond donors (Lipinski definition) is 3. The van der Waals surface area contributed by atoms with Crippen LogP contribution in [0, 0.1) is 11.7 Å². The number of imidazole rings is 1. The zero-order valence-corrected chi connectivity index (χ0v) is 15.1. The molecular formula is C20H21FN4O2. The SMILES string of the molecule is CC[C@@H](C)[C@@H](NC(=O)c1cccc(F)c1)C(=O)Nc1nc2ccccc2[nH]1. The lowest BCUT2D eigenvalue weighted by Gasteiger charge is -2.23. The average molecular weight is 368 g/mol. The Hall–Kier alpha value is -3.22. The van der Waals surface area contributed by atoms with Gasteiger partial charge in [-0.3, -0.25) is 14.9 Å². The summed E-state index contributed by atoms with van der Waals surface area (Å²) in [5.74, 6) is -1.19. The lowest BCUT2D eigenvalue weighted by atomic mass is 9.98. The summed E-state index contributed by atoms with van der Waals surface area (Å²) < 4.78 is 13.4. The number of fused-ring (bicyclic) bond motifs is 1. The number of anilines is 1. The van der Waals surface area contributed by atoms with Crippen molar-refractivity contribution in [1.82, 2.24) is 15.3 Å². The van der Waals surface area contributed by atoms with Gasteiger partial charge in [-0.15, -0.1) is 0 Å². The van der Waals surface area contributed by atoms with E-state index < -0.39 is 17.8 Å². The maximum atomic E-state index is 13.4. The van der Waals surface area contributed by atoms with Crippen LogP contribution < -0.4 is 10.6 Å². The quantitative estimate of drug-likeness (QED) is 0.622. The van der Waals surface area contributed by atoms with Gasteiger partial charge in [0.15, 0.2) is 0 Å². The zero-order chi connectivity index (χ0) is 19.4. The number of H-pyrrole nitrogens is 1. The smallest absolute Gasteiger partial charge is 0.252 e. The molecule has 0 bridgehead atoms. The van der Waals surface area contributed by atoms with E-state index >= 15 is 0 Å². The fourth-order valence-corrected chi connectivity index (χ4v) is 2.76. The molecule has 0 unspecified atom stereocenters. The van der Waals surface area contributed by atoms with E-state index in [1.807, 2.05) is 38.1 Å². The van der Waals surface area contributed by atoms with Crippen LogP contribution in [0.3, 0.4) is 0 Å². The molecule has 0 fully saturated rings. The number of nitrogens with zero attached hydrogens (tertiary/aromatic N) is 1. The molecule has 27 heavy (non-hydrogen) atoms. The minimum absolute atomic E-state index is 0.119. The molecular weight excluding hydrogens is 347 g/mol. The van der Waals surface area contributed by atoms with Gasteiger partial charge < -0.3 is 10.3 Å². The fourth-order valence-electron chi connectivity index (χ4n) is 2.76. The Kier molecular flexibility index (Phi) is 5.49. The molecule has 7 heteroatoms. The first-order chi connectivity index (χ1) is 13.0. The molecule has 0 radical (unpaired) electrons. The number of amides is 2. The molecule has 2 aromatic carbocycles. The highest BCUT2D eigenvalue weighted by Crippen LogP contribution is 2.16. The lowest BCUT2D eigenvalue weighted by molar-refractivity contribution is -0.119. The Labute approximate surface area is 156 Å². The van der Waals surface area contributed by atoms with Crippen LogP contribution in [0.1, 0.15) is 30.6 Å². The summed E-state index contributed by atoms with van der Waals surface area (Å²) in [6.45, 7) is 3.80. The van der Waals surface area contributed by atoms with Gasteiger partial charge in [-0.25, -0.2) is 9.37 Å². The van der Waals surface area contributed by atoms with Crippen LogP contribution in [-0.4, -0.2) is 27.8 Å². The predicted molar refractivity (Wildman–Crippen MR) is 102 cm³/mol. The Bertz CT molecular complexity index is 936. The molecule has 2 amide bonds. The standard InChI is InChI=1S/C20H21FN4O2/c1-3-12(2)17(24-18(26)13-7-6-8-14(21)11-13)19(27)25-20-22-15-9-4-5-10-16(15)23-20/h4-12,17H,3H2,1-2H3,(H,24,26)(H2,22,23,25,27)/t12-,17-/m1/s1. The summed E-state index contributed by atoms with van der Waals surface area (Å²) in [4.78, 5) is 32.6. The van der Waals surface area contributed by atoms with Crippen LogP contribution in [0.15, 0.2) is 48.5 Å². The summed E-state index contributed by atoms with van der Waals surface area (Å²) >= 11 is 0. The van der Waals surface area contributed by atoms with E-state index in [1.54, 1.807) is 0 Å². The summed E-state index contributed by atoms with van der Waals surface area (Å²) in [7, 11) is 0. The number of halogens is 1. The number of carbonyl (C=O) groups excluding carboxylic acids is 2. The third-order valence-corrected chi connectivity index (χ3v) is 4.50. The minimum atomic E-state index is -0.779. The molecule has 0 aliphatic carbocycles. The second kappa shape index (κ2) is 7.99. The van der Waals surface area contributed by atoms with E-state index in [9.17, 15) is 14.0 Å². The normalized spacial score (nSPS) is 13.1. The van der Waals surface area contributed by atoms with Crippen molar-refractivity contribution in [1.29, 1.82) is 0 Å². The molecule has 0 aliphatic rings. The molecule has 3 N–H and O–H groups in total. The number of aromatic nitrogens is 2.